The quantitative estimate of drug-likeness (QED) is 0.748. The Morgan fingerprint density at radius 1 is 1.09 bits per heavy atom. The Bertz CT molecular complexity index is 1160. The van der Waals surface area contributed by atoms with Crippen molar-refractivity contribution in [2.45, 2.75) is 17.9 Å². The first-order chi connectivity index (χ1) is 15.2. The summed E-state index contributed by atoms with van der Waals surface area (Å²) in [6.07, 6.45) is -0.631. The van der Waals surface area contributed by atoms with Crippen molar-refractivity contribution in [3.8, 4) is 5.75 Å². The third-order valence-corrected chi connectivity index (χ3v) is 7.55. The van der Waals surface area contributed by atoms with Gasteiger partial charge in [0.1, 0.15) is 5.75 Å². The zero-order valence-corrected chi connectivity index (χ0v) is 19.1. The number of nitrogens with zero attached hydrogens (tertiary/aromatic N) is 3. The Morgan fingerprint density at radius 3 is 2.50 bits per heavy atom. The summed E-state index contributed by atoms with van der Waals surface area (Å²) in [5, 5.41) is 2.67. The highest BCUT2D eigenvalue weighted by Gasteiger charge is 2.32. The second-order valence-corrected chi connectivity index (χ2v) is 9.99. The molecule has 4 rings (SSSR count). The number of nitrogens with one attached hydrogen (secondary N) is 1. The maximum atomic E-state index is 13.1. The zero-order chi connectivity index (χ0) is 23.0. The molecule has 1 N–H and O–H groups in total. The first-order valence-electron chi connectivity index (χ1n) is 10.4. The molecular weight excluding hydrogens is 432 g/mol. The molecule has 0 radical (unpaired) electrons. The summed E-state index contributed by atoms with van der Waals surface area (Å²) in [5.41, 5.74) is 1.84. The van der Waals surface area contributed by atoms with Gasteiger partial charge < -0.3 is 19.9 Å². The van der Waals surface area contributed by atoms with Crippen molar-refractivity contribution in [3.05, 3.63) is 48.0 Å². The summed E-state index contributed by atoms with van der Waals surface area (Å²) >= 11 is 0. The Hall–Kier alpha value is -3.11. The van der Waals surface area contributed by atoms with E-state index in [4.69, 9.17) is 4.74 Å². The predicted octanol–water partition coefficient (Wildman–Crippen LogP) is 1.62. The fourth-order valence-corrected chi connectivity index (χ4v) is 5.18. The largest absolute Gasteiger partial charge is 0.479 e. The van der Waals surface area contributed by atoms with E-state index in [9.17, 15) is 18.0 Å². The standard InChI is InChI=1S/C22H26N4O5S/c1-15-21(27)23-19-14-18(7-8-20(19)31-15)32(29,30)26-11-9-25(10-12-26)22(28)16-5-4-6-17(13-16)24(2)3/h4-8,13-15H,9-12H2,1-3H3,(H,23,27)/t15-/m0/s1. The van der Waals surface area contributed by atoms with Crippen molar-refractivity contribution in [2.75, 3.05) is 50.5 Å². The minimum atomic E-state index is -3.78. The third-order valence-electron chi connectivity index (χ3n) is 5.65. The highest BCUT2D eigenvalue weighted by atomic mass is 32.2. The molecule has 2 amide bonds. The molecule has 2 aromatic rings. The lowest BCUT2D eigenvalue weighted by atomic mass is 10.1. The van der Waals surface area contributed by atoms with Crippen molar-refractivity contribution < 1.29 is 22.7 Å². The molecule has 32 heavy (non-hydrogen) atoms. The van der Waals surface area contributed by atoms with Crippen LogP contribution in [0.2, 0.25) is 0 Å². The van der Waals surface area contributed by atoms with Crippen LogP contribution in [0.3, 0.4) is 0 Å². The van der Waals surface area contributed by atoms with Gasteiger partial charge in [-0.25, -0.2) is 8.42 Å². The van der Waals surface area contributed by atoms with Crippen LogP contribution in [-0.4, -0.2) is 75.8 Å². The minimum Gasteiger partial charge on any atom is -0.479 e. The van der Waals surface area contributed by atoms with Gasteiger partial charge in [0.05, 0.1) is 10.6 Å². The number of anilines is 2. The average Bonchev–Trinajstić information content (AvgIpc) is 2.79. The summed E-state index contributed by atoms with van der Waals surface area (Å²) in [6.45, 7) is 2.61. The molecule has 1 saturated heterocycles. The number of ether oxygens (including phenoxy) is 1. The Morgan fingerprint density at radius 2 is 1.81 bits per heavy atom. The second-order valence-electron chi connectivity index (χ2n) is 8.05. The van der Waals surface area contributed by atoms with Crippen LogP contribution in [0.5, 0.6) is 5.75 Å². The number of piperazine rings is 1. The van der Waals surface area contributed by atoms with Crippen molar-refractivity contribution in [1.29, 1.82) is 0 Å². The monoisotopic (exact) mass is 458 g/mol. The lowest BCUT2D eigenvalue weighted by Crippen LogP contribution is -2.50. The van der Waals surface area contributed by atoms with Gasteiger partial charge in [-0.05, 0) is 43.3 Å². The number of benzene rings is 2. The van der Waals surface area contributed by atoms with E-state index in [0.717, 1.165) is 5.69 Å². The highest BCUT2D eigenvalue weighted by molar-refractivity contribution is 7.89. The molecule has 0 spiro atoms. The highest BCUT2D eigenvalue weighted by Crippen LogP contribution is 2.33. The van der Waals surface area contributed by atoms with Gasteiger partial charge in [-0.2, -0.15) is 4.31 Å². The SMILES string of the molecule is C[C@@H]1Oc2ccc(S(=O)(=O)N3CCN(C(=O)c4cccc(N(C)C)c4)CC3)cc2NC1=O. The van der Waals surface area contributed by atoms with Crippen molar-refractivity contribution in [2.24, 2.45) is 0 Å². The van der Waals surface area contributed by atoms with Gasteiger partial charge in [0.15, 0.2) is 6.10 Å². The van der Waals surface area contributed by atoms with Gasteiger partial charge >= 0.3 is 0 Å². The molecule has 1 atom stereocenters. The molecule has 0 unspecified atom stereocenters. The first-order valence-corrected chi connectivity index (χ1v) is 11.8. The maximum absolute atomic E-state index is 13.1. The average molecular weight is 459 g/mol. The summed E-state index contributed by atoms with van der Waals surface area (Å²) in [4.78, 5) is 28.4. The number of sulfonamides is 1. The predicted molar refractivity (Wildman–Crippen MR) is 121 cm³/mol. The number of fused-ring (bicyclic) bond motifs is 1. The lowest BCUT2D eigenvalue weighted by Gasteiger charge is -2.34. The molecular formula is C22H26N4O5S. The van der Waals surface area contributed by atoms with Crippen LogP contribution < -0.4 is 15.0 Å². The fraction of sp³-hybridized carbons (Fsp3) is 0.364. The number of carbonyl (C=O) groups is 2. The van der Waals surface area contributed by atoms with Crippen LogP contribution in [0.4, 0.5) is 11.4 Å². The summed E-state index contributed by atoms with van der Waals surface area (Å²) < 4.78 is 33.2. The van der Waals surface area contributed by atoms with Gasteiger partial charge in [0.2, 0.25) is 10.0 Å². The van der Waals surface area contributed by atoms with E-state index in [0.29, 0.717) is 30.1 Å². The molecule has 0 aromatic heterocycles. The van der Waals surface area contributed by atoms with Gasteiger partial charge in [0.25, 0.3) is 11.8 Å². The van der Waals surface area contributed by atoms with Crippen molar-refractivity contribution >= 4 is 33.2 Å². The number of hydrogen-bond acceptors (Lipinski definition) is 6. The fourth-order valence-electron chi connectivity index (χ4n) is 3.73. The van der Waals surface area contributed by atoms with E-state index in [-0.39, 0.29) is 29.8 Å². The molecule has 0 saturated carbocycles. The Balaban J connectivity index is 1.46. The number of amides is 2. The normalized spacial score (nSPS) is 19.0. The van der Waals surface area contributed by atoms with E-state index < -0.39 is 16.1 Å². The van der Waals surface area contributed by atoms with Gasteiger partial charge in [-0.1, -0.05) is 6.07 Å². The number of rotatable bonds is 4. The van der Waals surface area contributed by atoms with Crippen LogP contribution in [0.15, 0.2) is 47.4 Å². The summed E-state index contributed by atoms with van der Waals surface area (Å²) in [7, 11) is 0.0412. The van der Waals surface area contributed by atoms with Gasteiger partial charge in [-0.3, -0.25) is 9.59 Å². The van der Waals surface area contributed by atoms with Crippen LogP contribution in [0, 0.1) is 0 Å². The van der Waals surface area contributed by atoms with E-state index in [1.807, 2.05) is 37.2 Å². The minimum absolute atomic E-state index is 0.0770. The van der Waals surface area contributed by atoms with Crippen LogP contribution in [0.1, 0.15) is 17.3 Å². The molecule has 10 heteroatoms. The van der Waals surface area contributed by atoms with Crippen molar-refractivity contribution in [3.63, 3.8) is 0 Å². The Labute approximate surface area is 187 Å². The molecule has 2 aliphatic heterocycles. The summed E-state index contributed by atoms with van der Waals surface area (Å²) in [6, 6.07) is 11.8. The molecule has 170 valence electrons. The van der Waals surface area contributed by atoms with Crippen LogP contribution in [-0.2, 0) is 14.8 Å². The topological polar surface area (TPSA) is 99.3 Å². The van der Waals surface area contributed by atoms with E-state index in [1.165, 1.54) is 16.4 Å². The smallest absolute Gasteiger partial charge is 0.265 e. The molecule has 2 aliphatic rings. The summed E-state index contributed by atoms with van der Waals surface area (Å²) in [5.74, 6) is -0.00237. The van der Waals surface area contributed by atoms with E-state index in [2.05, 4.69) is 5.32 Å². The molecule has 9 nitrogen and oxygen atoms in total. The van der Waals surface area contributed by atoms with Gasteiger partial charge in [0, 0.05) is 51.5 Å². The molecule has 2 aromatic carbocycles. The Kier molecular flexibility index (Phi) is 5.83. The number of hydrogen-bond donors (Lipinski definition) is 1. The lowest BCUT2D eigenvalue weighted by molar-refractivity contribution is -0.122. The third kappa shape index (κ3) is 4.15. The van der Waals surface area contributed by atoms with E-state index in [1.54, 1.807) is 24.0 Å². The first kappa shape index (κ1) is 22.1. The molecule has 2 heterocycles. The van der Waals surface area contributed by atoms with Crippen LogP contribution in [0.25, 0.3) is 0 Å². The van der Waals surface area contributed by atoms with E-state index >= 15 is 0 Å². The van der Waals surface area contributed by atoms with Crippen molar-refractivity contribution in [1.82, 2.24) is 9.21 Å². The second kappa shape index (κ2) is 8.44. The van der Waals surface area contributed by atoms with Crippen LogP contribution >= 0.6 is 0 Å². The zero-order valence-electron chi connectivity index (χ0n) is 18.2. The number of carbonyl (C=O) groups excluding carboxylic acids is 2. The molecule has 0 bridgehead atoms. The van der Waals surface area contributed by atoms with Gasteiger partial charge in [-0.15, -0.1) is 0 Å². The maximum Gasteiger partial charge on any atom is 0.265 e. The molecule has 0 aliphatic carbocycles. The molecule has 1 fully saturated rings.